The molecule has 0 saturated carbocycles. The van der Waals surface area contributed by atoms with E-state index in [4.69, 9.17) is 0 Å². The molecule has 25 heavy (non-hydrogen) atoms. The van der Waals surface area contributed by atoms with Gasteiger partial charge in [0.05, 0.1) is 45.2 Å². The van der Waals surface area contributed by atoms with Gasteiger partial charge in [-0.25, -0.2) is 0 Å². The first kappa shape index (κ1) is 20.2. The van der Waals surface area contributed by atoms with Crippen LogP contribution in [0, 0.1) is 5.41 Å². The Morgan fingerprint density at radius 3 is 1.76 bits per heavy atom. The minimum absolute atomic E-state index is 0.0379. The van der Waals surface area contributed by atoms with Crippen molar-refractivity contribution in [2.75, 3.05) is 37.1 Å². The topological polar surface area (TPSA) is 60.7 Å². The van der Waals surface area contributed by atoms with Crippen molar-refractivity contribution in [3.8, 4) is 0 Å². The van der Waals surface area contributed by atoms with E-state index in [0.29, 0.717) is 5.25 Å². The zero-order chi connectivity index (χ0) is 17.4. The van der Waals surface area contributed by atoms with Gasteiger partial charge in [-0.15, -0.1) is 47.0 Å². The third kappa shape index (κ3) is 4.26. The highest BCUT2D eigenvalue weighted by atomic mass is 32.3. The molecular weight excluding hydrogens is 473 g/mol. The Kier molecular flexibility index (Phi) is 7.04. The fourth-order valence-electron chi connectivity index (χ4n) is 2.20. The van der Waals surface area contributed by atoms with Crippen molar-refractivity contribution in [1.82, 2.24) is 0 Å². The molecule has 1 atom stereocenters. The summed E-state index contributed by atoms with van der Waals surface area (Å²) in [5.41, 5.74) is -0.377. The van der Waals surface area contributed by atoms with E-state index >= 15 is 0 Å². The Hall–Kier alpha value is 1.90. The van der Waals surface area contributed by atoms with Gasteiger partial charge in [0, 0.05) is 27.9 Å². The van der Waals surface area contributed by atoms with E-state index in [2.05, 4.69) is 0 Å². The summed E-state index contributed by atoms with van der Waals surface area (Å²) in [4.78, 5) is 0. The third-order valence-corrected chi connectivity index (χ3v) is 16.6. The van der Waals surface area contributed by atoms with Gasteiger partial charge in [0.25, 0.3) is 0 Å². The van der Waals surface area contributed by atoms with E-state index in [9.17, 15) is 15.3 Å². The van der Waals surface area contributed by atoms with Gasteiger partial charge in [-0.1, -0.05) is 47.0 Å². The molecule has 3 N–H and O–H groups in total. The monoisotopic (exact) mass is 488 g/mol. The first-order chi connectivity index (χ1) is 12.2. The first-order valence-electron chi connectivity index (χ1n) is 7.48. The summed E-state index contributed by atoms with van der Waals surface area (Å²) in [6.07, 6.45) is 0. The Morgan fingerprint density at radius 1 is 0.720 bits per heavy atom. The maximum Gasteiger partial charge on any atom is 0.0717 e. The molecule has 0 aromatic heterocycles. The Morgan fingerprint density at radius 2 is 1.24 bits per heavy atom. The lowest BCUT2D eigenvalue weighted by Crippen LogP contribution is -2.34. The average molecular weight is 489 g/mol. The van der Waals surface area contributed by atoms with Crippen LogP contribution in [0.15, 0.2) is 25.4 Å². The second kappa shape index (κ2) is 8.73. The van der Waals surface area contributed by atoms with Crippen LogP contribution in [0.1, 0.15) is 0 Å². The molecule has 4 heterocycles. The molecule has 1 unspecified atom stereocenters. The standard InChI is InChI=1S/C14H16O3S8/c15-1-7-2-18-10-11(21-7)25-13(24-10)12-22-8-9(23-12)20-6-14(3-16,4-17)5-19-8/h7,15-17H,1-6H2. The minimum atomic E-state index is -0.377. The molecular formula is C14H16O3S8. The third-order valence-electron chi connectivity index (χ3n) is 3.81. The predicted molar refractivity (Wildman–Crippen MR) is 124 cm³/mol. The van der Waals surface area contributed by atoms with Crippen LogP contribution in [0.5, 0.6) is 0 Å². The van der Waals surface area contributed by atoms with Crippen LogP contribution >= 0.6 is 94.1 Å². The van der Waals surface area contributed by atoms with Crippen LogP contribution in [0.3, 0.4) is 0 Å². The zero-order valence-electron chi connectivity index (χ0n) is 12.9. The van der Waals surface area contributed by atoms with Crippen LogP contribution in [0.25, 0.3) is 0 Å². The molecule has 0 aromatic carbocycles. The molecule has 4 aliphatic rings. The summed E-state index contributed by atoms with van der Waals surface area (Å²) in [6.45, 7) is 0.321. The molecule has 0 fully saturated rings. The van der Waals surface area contributed by atoms with Crippen LogP contribution in [-0.4, -0.2) is 57.6 Å². The molecule has 3 nitrogen and oxygen atoms in total. The Bertz CT molecular complexity index is 630. The summed E-state index contributed by atoms with van der Waals surface area (Å²) in [7, 11) is 0. The quantitative estimate of drug-likeness (QED) is 0.521. The highest BCUT2D eigenvalue weighted by Gasteiger charge is 2.38. The lowest BCUT2D eigenvalue weighted by molar-refractivity contribution is 0.0935. The molecule has 0 radical (unpaired) electrons. The molecule has 4 rings (SSSR count). The summed E-state index contributed by atoms with van der Waals surface area (Å²) in [5.74, 6) is 2.52. The van der Waals surface area contributed by atoms with Crippen molar-refractivity contribution in [2.45, 2.75) is 5.25 Å². The van der Waals surface area contributed by atoms with E-state index < -0.39 is 0 Å². The molecule has 0 bridgehead atoms. The van der Waals surface area contributed by atoms with Crippen LogP contribution in [-0.2, 0) is 0 Å². The normalized spacial score (nSPS) is 29.2. The molecule has 138 valence electrons. The van der Waals surface area contributed by atoms with Crippen molar-refractivity contribution < 1.29 is 15.3 Å². The summed E-state index contributed by atoms with van der Waals surface area (Å²) in [5, 5.41) is 29.0. The molecule has 0 saturated heterocycles. The van der Waals surface area contributed by atoms with Gasteiger partial charge in [-0.3, -0.25) is 0 Å². The first-order valence-corrected chi connectivity index (χ1v) is 14.6. The van der Waals surface area contributed by atoms with E-state index in [0.717, 1.165) is 17.3 Å². The maximum absolute atomic E-state index is 9.65. The van der Waals surface area contributed by atoms with E-state index in [1.165, 1.54) is 25.4 Å². The summed E-state index contributed by atoms with van der Waals surface area (Å²) in [6, 6.07) is 0. The second-order valence-electron chi connectivity index (χ2n) is 5.76. The second-order valence-corrected chi connectivity index (χ2v) is 15.7. The lowest BCUT2D eigenvalue weighted by atomic mass is 9.96. The maximum atomic E-state index is 9.65. The van der Waals surface area contributed by atoms with Crippen LogP contribution < -0.4 is 0 Å². The van der Waals surface area contributed by atoms with E-state index in [1.54, 1.807) is 23.5 Å². The Labute approximate surface area is 181 Å². The van der Waals surface area contributed by atoms with Crippen molar-refractivity contribution in [3.05, 3.63) is 25.4 Å². The number of aliphatic hydroxyl groups excluding tert-OH is 3. The fourth-order valence-corrected chi connectivity index (χ4v) is 15.0. The minimum Gasteiger partial charge on any atom is -0.396 e. The van der Waals surface area contributed by atoms with Gasteiger partial charge in [0.2, 0.25) is 0 Å². The van der Waals surface area contributed by atoms with Crippen LogP contribution in [0.4, 0.5) is 0 Å². The average Bonchev–Trinajstić information content (AvgIpc) is 3.21. The zero-order valence-corrected chi connectivity index (χ0v) is 19.5. The highest BCUT2D eigenvalue weighted by Crippen LogP contribution is 2.68. The smallest absolute Gasteiger partial charge is 0.0717 e. The van der Waals surface area contributed by atoms with Gasteiger partial charge in [-0.05, 0) is 0 Å². The van der Waals surface area contributed by atoms with E-state index in [1.807, 2.05) is 70.6 Å². The van der Waals surface area contributed by atoms with Crippen LogP contribution in [0.2, 0.25) is 0 Å². The number of aliphatic hydroxyl groups is 3. The predicted octanol–water partition coefficient (Wildman–Crippen LogP) is 4.62. The number of thioether (sulfide) groups is 8. The van der Waals surface area contributed by atoms with Gasteiger partial charge in [0.15, 0.2) is 0 Å². The summed E-state index contributed by atoms with van der Waals surface area (Å²) < 4.78 is 8.11. The molecule has 11 heteroatoms. The number of hydrogen-bond donors (Lipinski definition) is 3. The van der Waals surface area contributed by atoms with Crippen molar-refractivity contribution in [1.29, 1.82) is 0 Å². The largest absolute Gasteiger partial charge is 0.396 e. The molecule has 0 amide bonds. The number of rotatable bonds is 3. The molecule has 4 aliphatic heterocycles. The number of hydrogen-bond acceptors (Lipinski definition) is 11. The van der Waals surface area contributed by atoms with Crippen molar-refractivity contribution >= 4 is 94.1 Å². The van der Waals surface area contributed by atoms with E-state index in [-0.39, 0.29) is 25.2 Å². The summed E-state index contributed by atoms with van der Waals surface area (Å²) >= 11 is 14.7. The lowest BCUT2D eigenvalue weighted by Gasteiger charge is -2.27. The van der Waals surface area contributed by atoms with Gasteiger partial charge < -0.3 is 15.3 Å². The highest BCUT2D eigenvalue weighted by molar-refractivity contribution is 8.45. The SMILES string of the molecule is OCC1CSC2=C(SC(=C3SC4=C(SCC(CO)(CO)CS4)S3)S2)S1. The van der Waals surface area contributed by atoms with Gasteiger partial charge >= 0.3 is 0 Å². The Balaban J connectivity index is 1.43. The van der Waals surface area contributed by atoms with Gasteiger partial charge in [-0.2, -0.15) is 0 Å². The molecule has 0 spiro atoms. The van der Waals surface area contributed by atoms with Crippen molar-refractivity contribution in [3.63, 3.8) is 0 Å². The molecule has 0 aromatic rings. The fraction of sp³-hybridized carbons (Fsp3) is 0.571. The van der Waals surface area contributed by atoms with Gasteiger partial charge in [0.1, 0.15) is 0 Å². The van der Waals surface area contributed by atoms with Crippen molar-refractivity contribution in [2.24, 2.45) is 5.41 Å². The molecule has 0 aliphatic carbocycles.